The number of anilines is 2. The van der Waals surface area contributed by atoms with Gasteiger partial charge in [0.1, 0.15) is 10.6 Å². The molecule has 0 amide bonds. The maximum Gasteiger partial charge on any atom is 0.240 e. The number of nitrogens with two attached hydrogens (primary N) is 1. The van der Waals surface area contributed by atoms with Crippen molar-refractivity contribution >= 4 is 43.2 Å². The molecule has 1 fully saturated rings. The summed E-state index contributed by atoms with van der Waals surface area (Å²) < 4.78 is 23.1. The summed E-state index contributed by atoms with van der Waals surface area (Å²) >= 11 is 1.61. The van der Waals surface area contributed by atoms with Gasteiger partial charge in [0.2, 0.25) is 5.95 Å². The zero-order chi connectivity index (χ0) is 15.0. The molecule has 0 bridgehead atoms. The Morgan fingerprint density at radius 3 is 2.71 bits per heavy atom. The number of sulfone groups is 1. The van der Waals surface area contributed by atoms with E-state index < -0.39 is 9.84 Å². The smallest absolute Gasteiger partial charge is 0.240 e. The quantitative estimate of drug-likeness (QED) is 0.634. The fraction of sp³-hybridized carbons (Fsp3) is 0.500. The number of hydrogen-bond acceptors (Lipinski definition) is 8. The van der Waals surface area contributed by atoms with Gasteiger partial charge in [-0.1, -0.05) is 6.92 Å². The Hall–Kier alpha value is -1.45. The molecule has 3 heterocycles. The molecule has 0 aliphatic carbocycles. The minimum absolute atomic E-state index is 0.161. The first-order valence-corrected chi connectivity index (χ1v) is 9.38. The zero-order valence-electron chi connectivity index (χ0n) is 11.7. The van der Waals surface area contributed by atoms with Crippen molar-refractivity contribution in [2.45, 2.75) is 13.3 Å². The minimum Gasteiger partial charge on any atom is -0.354 e. The van der Waals surface area contributed by atoms with Crippen molar-refractivity contribution in [2.75, 3.05) is 34.9 Å². The Bertz CT molecular complexity index is 757. The van der Waals surface area contributed by atoms with Gasteiger partial charge in [-0.05, 0) is 12.5 Å². The van der Waals surface area contributed by atoms with E-state index in [9.17, 15) is 8.42 Å². The maximum absolute atomic E-state index is 11.6. The van der Waals surface area contributed by atoms with Crippen LogP contribution in [0.2, 0.25) is 0 Å². The Labute approximate surface area is 127 Å². The summed E-state index contributed by atoms with van der Waals surface area (Å²) in [6, 6.07) is 2.08. The Morgan fingerprint density at radius 1 is 1.38 bits per heavy atom. The number of rotatable bonds is 3. The lowest BCUT2D eigenvalue weighted by molar-refractivity contribution is 0.586. The van der Waals surface area contributed by atoms with Crippen molar-refractivity contribution in [2.24, 2.45) is 5.84 Å². The molecular weight excluding hydrogens is 310 g/mol. The molecule has 2 aromatic rings. The molecule has 0 radical (unpaired) electrons. The lowest BCUT2D eigenvalue weighted by Crippen LogP contribution is -2.40. The molecule has 3 rings (SSSR count). The van der Waals surface area contributed by atoms with Crippen LogP contribution in [-0.4, -0.2) is 43.0 Å². The second-order valence-corrected chi connectivity index (χ2v) is 8.36. The summed E-state index contributed by atoms with van der Waals surface area (Å²) in [5.41, 5.74) is 2.48. The van der Waals surface area contributed by atoms with Crippen molar-refractivity contribution in [3.8, 4) is 0 Å². The number of hydrazine groups is 1. The topological polar surface area (TPSA) is 101 Å². The molecule has 114 valence electrons. The highest BCUT2D eigenvalue weighted by Crippen LogP contribution is 2.32. The molecule has 21 heavy (non-hydrogen) atoms. The zero-order valence-corrected chi connectivity index (χ0v) is 13.3. The Balaban J connectivity index is 2.05. The van der Waals surface area contributed by atoms with Gasteiger partial charge < -0.3 is 4.90 Å². The van der Waals surface area contributed by atoms with Gasteiger partial charge >= 0.3 is 0 Å². The molecule has 0 atom stereocenters. The SMILES string of the molecule is CCc1cc2c(N3CCS(=O)(=O)CC3)nc(NN)nc2s1. The molecule has 2 aromatic heterocycles. The minimum atomic E-state index is -2.91. The molecule has 9 heteroatoms. The number of hydrogen-bond donors (Lipinski definition) is 2. The molecule has 1 aliphatic rings. The van der Waals surface area contributed by atoms with Crippen LogP contribution in [0.25, 0.3) is 10.2 Å². The van der Waals surface area contributed by atoms with Crippen LogP contribution in [0.1, 0.15) is 11.8 Å². The Kier molecular flexibility index (Phi) is 3.72. The highest BCUT2D eigenvalue weighted by atomic mass is 32.2. The lowest BCUT2D eigenvalue weighted by Gasteiger charge is -2.28. The van der Waals surface area contributed by atoms with E-state index in [1.165, 1.54) is 4.88 Å². The summed E-state index contributed by atoms with van der Waals surface area (Å²) in [6.07, 6.45) is 0.931. The third kappa shape index (κ3) is 2.81. The van der Waals surface area contributed by atoms with Gasteiger partial charge in [0, 0.05) is 18.0 Å². The van der Waals surface area contributed by atoms with Crippen LogP contribution in [0.5, 0.6) is 0 Å². The third-order valence-electron chi connectivity index (χ3n) is 3.55. The van der Waals surface area contributed by atoms with Crippen LogP contribution in [-0.2, 0) is 16.3 Å². The molecule has 3 N–H and O–H groups in total. The van der Waals surface area contributed by atoms with Crippen LogP contribution in [0, 0.1) is 0 Å². The lowest BCUT2D eigenvalue weighted by atomic mass is 10.3. The van der Waals surface area contributed by atoms with Crippen LogP contribution < -0.4 is 16.2 Å². The van der Waals surface area contributed by atoms with E-state index in [0.717, 1.165) is 22.5 Å². The van der Waals surface area contributed by atoms with Crippen molar-refractivity contribution in [3.63, 3.8) is 0 Å². The fourth-order valence-corrected chi connectivity index (χ4v) is 4.52. The molecule has 0 unspecified atom stereocenters. The van der Waals surface area contributed by atoms with Gasteiger partial charge in [0.25, 0.3) is 0 Å². The molecule has 1 aliphatic heterocycles. The number of fused-ring (bicyclic) bond motifs is 1. The highest BCUT2D eigenvalue weighted by molar-refractivity contribution is 7.91. The molecule has 7 nitrogen and oxygen atoms in total. The van der Waals surface area contributed by atoms with E-state index in [1.807, 2.05) is 4.90 Å². The first kappa shape index (κ1) is 14.5. The normalized spacial score (nSPS) is 18.1. The molecule has 0 spiro atoms. The summed E-state index contributed by atoms with van der Waals surface area (Å²) in [7, 11) is -2.91. The largest absolute Gasteiger partial charge is 0.354 e. The van der Waals surface area contributed by atoms with Gasteiger partial charge in [-0.3, -0.25) is 5.43 Å². The van der Waals surface area contributed by atoms with Gasteiger partial charge in [-0.2, -0.15) is 4.98 Å². The maximum atomic E-state index is 11.6. The second kappa shape index (κ2) is 5.39. The number of aromatic nitrogens is 2. The predicted octanol–water partition coefficient (Wildman–Crippen LogP) is 0.774. The molecule has 1 saturated heterocycles. The third-order valence-corrected chi connectivity index (χ3v) is 6.33. The van der Waals surface area contributed by atoms with Gasteiger partial charge in [0.05, 0.1) is 16.9 Å². The number of nitrogens with zero attached hydrogens (tertiary/aromatic N) is 3. The fourth-order valence-electron chi connectivity index (χ4n) is 2.36. The number of thiophene rings is 1. The summed E-state index contributed by atoms with van der Waals surface area (Å²) in [6.45, 7) is 3.00. The van der Waals surface area contributed by atoms with Crippen LogP contribution in [0.4, 0.5) is 11.8 Å². The number of nitrogens with one attached hydrogen (secondary N) is 1. The first-order chi connectivity index (χ1) is 10.0. The molecular formula is C12H17N5O2S2. The van der Waals surface area contributed by atoms with Crippen molar-refractivity contribution in [1.82, 2.24) is 9.97 Å². The van der Waals surface area contributed by atoms with Crippen LogP contribution >= 0.6 is 11.3 Å². The van der Waals surface area contributed by atoms with E-state index in [2.05, 4.69) is 28.4 Å². The van der Waals surface area contributed by atoms with Crippen molar-refractivity contribution in [1.29, 1.82) is 0 Å². The summed E-state index contributed by atoms with van der Waals surface area (Å²) in [4.78, 5) is 12.9. The first-order valence-electron chi connectivity index (χ1n) is 6.75. The van der Waals surface area contributed by atoms with Crippen LogP contribution in [0.15, 0.2) is 6.07 Å². The Morgan fingerprint density at radius 2 is 2.10 bits per heavy atom. The van der Waals surface area contributed by atoms with E-state index in [0.29, 0.717) is 19.0 Å². The second-order valence-electron chi connectivity index (χ2n) is 4.94. The van der Waals surface area contributed by atoms with Crippen molar-refractivity contribution in [3.05, 3.63) is 10.9 Å². The monoisotopic (exact) mass is 327 g/mol. The summed E-state index contributed by atoms with van der Waals surface area (Å²) in [5, 5.41) is 0.968. The average Bonchev–Trinajstić information content (AvgIpc) is 2.89. The standard InChI is InChI=1S/C12H17N5O2S2/c1-2-8-7-9-10(14-12(16-13)15-11(9)20-8)17-3-5-21(18,19)6-4-17/h7H,2-6,13H2,1H3,(H,14,15,16). The van der Waals surface area contributed by atoms with E-state index in [-0.39, 0.29) is 11.5 Å². The average molecular weight is 327 g/mol. The number of nitrogen functional groups attached to an aromatic ring is 1. The predicted molar refractivity (Wildman–Crippen MR) is 85.5 cm³/mol. The summed E-state index contributed by atoms with van der Waals surface area (Å²) in [5.74, 6) is 6.88. The molecule has 0 saturated carbocycles. The molecule has 0 aromatic carbocycles. The van der Waals surface area contributed by atoms with E-state index in [4.69, 9.17) is 5.84 Å². The van der Waals surface area contributed by atoms with E-state index in [1.54, 1.807) is 11.3 Å². The number of aryl methyl sites for hydroxylation is 1. The van der Waals surface area contributed by atoms with Gasteiger partial charge in [0.15, 0.2) is 9.84 Å². The van der Waals surface area contributed by atoms with Crippen LogP contribution in [0.3, 0.4) is 0 Å². The van der Waals surface area contributed by atoms with E-state index >= 15 is 0 Å². The van der Waals surface area contributed by atoms with Crippen molar-refractivity contribution < 1.29 is 8.42 Å². The highest BCUT2D eigenvalue weighted by Gasteiger charge is 2.25. The van der Waals surface area contributed by atoms with Gasteiger partial charge in [-0.25, -0.2) is 19.2 Å². The van der Waals surface area contributed by atoms with Gasteiger partial charge in [-0.15, -0.1) is 11.3 Å².